The highest BCUT2D eigenvalue weighted by molar-refractivity contribution is 6.11. The van der Waals surface area contributed by atoms with E-state index in [1.807, 2.05) is 0 Å². The summed E-state index contributed by atoms with van der Waals surface area (Å²) in [6.45, 7) is 0. The molecule has 0 radical (unpaired) electrons. The summed E-state index contributed by atoms with van der Waals surface area (Å²) in [7, 11) is 0. The van der Waals surface area contributed by atoms with Gasteiger partial charge in [-0.2, -0.15) is 0 Å². The van der Waals surface area contributed by atoms with Crippen molar-refractivity contribution in [2.24, 2.45) is 0 Å². The lowest BCUT2D eigenvalue weighted by atomic mass is 9.98. The lowest BCUT2D eigenvalue weighted by molar-refractivity contribution is 0.589. The van der Waals surface area contributed by atoms with Gasteiger partial charge in [-0.15, -0.1) is 0 Å². The van der Waals surface area contributed by atoms with Crippen LogP contribution in [0.1, 0.15) is 11.7 Å². The minimum absolute atomic E-state index is 0.0320. The van der Waals surface area contributed by atoms with E-state index in [1.54, 1.807) is 0 Å². The van der Waals surface area contributed by atoms with Gasteiger partial charge in [-0.25, -0.2) is 0 Å². The van der Waals surface area contributed by atoms with Crippen LogP contribution in [0.4, 0.5) is 0 Å². The van der Waals surface area contributed by atoms with Crippen molar-refractivity contribution in [2.75, 3.05) is 0 Å². The summed E-state index contributed by atoms with van der Waals surface area (Å²) >= 11 is 0. The molecule has 2 aromatic heterocycles. The first-order valence-electron chi connectivity index (χ1n) is 19.3. The Kier molecular flexibility index (Phi) is 7.56. The summed E-state index contributed by atoms with van der Waals surface area (Å²) in [5.41, 5.74) is 15.6. The quantitative estimate of drug-likeness (QED) is 0.182. The molecule has 8 aromatic carbocycles. The molecule has 1 N–H and O–H groups in total. The van der Waals surface area contributed by atoms with Gasteiger partial charge in [0.25, 0.3) is 0 Å². The summed E-state index contributed by atoms with van der Waals surface area (Å²) in [6, 6.07) is 70.3. The Morgan fingerprint density at radius 1 is 0.357 bits per heavy atom. The number of dihydropyridines is 1. The third-order valence-corrected chi connectivity index (χ3v) is 11.4. The molecule has 0 saturated carbocycles. The number of nitrogens with one attached hydrogen (secondary N) is 1. The van der Waals surface area contributed by atoms with Crippen LogP contribution in [-0.4, -0.2) is 9.13 Å². The highest BCUT2D eigenvalue weighted by Gasteiger charge is 2.20. The lowest BCUT2D eigenvalue weighted by Gasteiger charge is -2.25. The van der Waals surface area contributed by atoms with E-state index in [0.29, 0.717) is 0 Å². The molecular formula is C53H37N3. The molecule has 1 aliphatic heterocycles. The molecule has 56 heavy (non-hydrogen) atoms. The third-order valence-electron chi connectivity index (χ3n) is 11.4. The minimum atomic E-state index is -0.0320. The summed E-state index contributed by atoms with van der Waals surface area (Å²) < 4.78 is 4.80. The van der Waals surface area contributed by atoms with Gasteiger partial charge in [0.15, 0.2) is 0 Å². The van der Waals surface area contributed by atoms with Crippen LogP contribution in [0.2, 0.25) is 0 Å². The van der Waals surface area contributed by atoms with Gasteiger partial charge in [-0.05, 0) is 99.6 Å². The Labute approximate surface area is 325 Å². The smallest absolute Gasteiger partial charge is 0.123 e. The Morgan fingerprint density at radius 2 is 0.804 bits per heavy atom. The monoisotopic (exact) mass is 715 g/mol. The second kappa shape index (κ2) is 13.2. The normalized spacial score (nSPS) is 14.1. The van der Waals surface area contributed by atoms with E-state index in [2.05, 4.69) is 227 Å². The summed E-state index contributed by atoms with van der Waals surface area (Å²) in [4.78, 5) is 0. The van der Waals surface area contributed by atoms with E-state index in [4.69, 9.17) is 0 Å². The molecule has 1 unspecified atom stereocenters. The van der Waals surface area contributed by atoms with Crippen LogP contribution in [0.3, 0.4) is 0 Å². The van der Waals surface area contributed by atoms with Gasteiger partial charge >= 0.3 is 0 Å². The zero-order valence-electron chi connectivity index (χ0n) is 30.7. The number of para-hydroxylation sites is 3. The van der Waals surface area contributed by atoms with E-state index in [-0.39, 0.29) is 6.17 Å². The fourth-order valence-corrected chi connectivity index (χ4v) is 8.66. The number of benzene rings is 8. The van der Waals surface area contributed by atoms with Gasteiger partial charge < -0.3 is 14.5 Å². The first-order valence-corrected chi connectivity index (χ1v) is 19.3. The number of allylic oxidation sites excluding steroid dienone is 2. The van der Waals surface area contributed by atoms with Crippen LogP contribution in [0, 0.1) is 0 Å². The van der Waals surface area contributed by atoms with Gasteiger partial charge in [0.1, 0.15) is 6.17 Å². The van der Waals surface area contributed by atoms with Gasteiger partial charge in [-0.1, -0.05) is 152 Å². The molecule has 264 valence electrons. The van der Waals surface area contributed by atoms with Crippen molar-refractivity contribution in [3.63, 3.8) is 0 Å². The molecule has 3 heterocycles. The van der Waals surface area contributed by atoms with Crippen molar-refractivity contribution >= 4 is 49.3 Å². The van der Waals surface area contributed by atoms with Crippen molar-refractivity contribution in [3.05, 3.63) is 218 Å². The maximum absolute atomic E-state index is 3.85. The first kappa shape index (κ1) is 32.1. The Hall–Kier alpha value is -7.36. The van der Waals surface area contributed by atoms with Crippen LogP contribution < -0.4 is 5.32 Å². The van der Waals surface area contributed by atoms with Crippen LogP contribution in [-0.2, 0) is 0 Å². The van der Waals surface area contributed by atoms with Crippen molar-refractivity contribution < 1.29 is 0 Å². The lowest BCUT2D eigenvalue weighted by Crippen LogP contribution is -2.25. The summed E-state index contributed by atoms with van der Waals surface area (Å²) in [5.74, 6) is 0. The predicted molar refractivity (Wildman–Crippen MR) is 236 cm³/mol. The molecule has 0 bridgehead atoms. The van der Waals surface area contributed by atoms with Gasteiger partial charge in [0.2, 0.25) is 0 Å². The Morgan fingerprint density at radius 3 is 1.48 bits per heavy atom. The fourth-order valence-electron chi connectivity index (χ4n) is 8.66. The van der Waals surface area contributed by atoms with Crippen molar-refractivity contribution in [2.45, 2.75) is 6.17 Å². The highest BCUT2D eigenvalue weighted by atomic mass is 15.2. The van der Waals surface area contributed by atoms with Gasteiger partial charge in [-0.3, -0.25) is 0 Å². The number of rotatable bonds is 6. The zero-order chi connectivity index (χ0) is 37.0. The van der Waals surface area contributed by atoms with E-state index >= 15 is 0 Å². The first-order chi connectivity index (χ1) is 27.8. The minimum Gasteiger partial charge on any atom is -0.361 e. The average molecular weight is 716 g/mol. The molecule has 3 heteroatoms. The molecule has 0 fully saturated rings. The van der Waals surface area contributed by atoms with Crippen molar-refractivity contribution in [3.8, 4) is 39.1 Å². The number of hydrogen-bond donors (Lipinski definition) is 1. The SMILES string of the molecule is C1=CC(n2c3ccccc3c3cc(-c4ccc(-c5ccc6c(c5)c5ccccc5n6-c5ccccc5)cc4)ccc32)NC(c2ccc(-c3ccccc3)cc2)=C1. The maximum Gasteiger partial charge on any atom is 0.123 e. The summed E-state index contributed by atoms with van der Waals surface area (Å²) in [5, 5.41) is 8.88. The van der Waals surface area contributed by atoms with Gasteiger partial charge in [0.05, 0.1) is 22.1 Å². The Bertz CT molecular complexity index is 3130. The molecule has 1 aliphatic rings. The Balaban J connectivity index is 0.910. The van der Waals surface area contributed by atoms with Crippen LogP contribution >= 0.6 is 0 Å². The number of aromatic nitrogens is 2. The molecule has 0 spiro atoms. The van der Waals surface area contributed by atoms with E-state index in [1.165, 1.54) is 88.2 Å². The fraction of sp³-hybridized carbons (Fsp3) is 0.0189. The van der Waals surface area contributed by atoms with Gasteiger partial charge in [0, 0.05) is 32.9 Å². The van der Waals surface area contributed by atoms with E-state index in [0.717, 1.165) is 5.70 Å². The molecule has 11 rings (SSSR count). The molecule has 0 amide bonds. The van der Waals surface area contributed by atoms with Crippen molar-refractivity contribution in [1.82, 2.24) is 14.5 Å². The molecule has 1 atom stereocenters. The molecule has 0 aliphatic carbocycles. The molecule has 3 nitrogen and oxygen atoms in total. The topological polar surface area (TPSA) is 21.9 Å². The average Bonchev–Trinajstić information content (AvgIpc) is 3.79. The number of nitrogens with zero attached hydrogens (tertiary/aromatic N) is 2. The molecule has 10 aromatic rings. The maximum atomic E-state index is 3.85. The predicted octanol–water partition coefficient (Wildman–Crippen LogP) is 13.6. The van der Waals surface area contributed by atoms with E-state index < -0.39 is 0 Å². The number of fused-ring (bicyclic) bond motifs is 6. The summed E-state index contributed by atoms with van der Waals surface area (Å²) in [6.07, 6.45) is 6.56. The third kappa shape index (κ3) is 5.36. The van der Waals surface area contributed by atoms with E-state index in [9.17, 15) is 0 Å². The van der Waals surface area contributed by atoms with Crippen molar-refractivity contribution in [1.29, 1.82) is 0 Å². The molecular weight excluding hydrogens is 679 g/mol. The second-order valence-corrected chi connectivity index (χ2v) is 14.6. The highest BCUT2D eigenvalue weighted by Crippen LogP contribution is 2.38. The van der Waals surface area contributed by atoms with Crippen LogP contribution in [0.15, 0.2) is 212 Å². The molecule has 0 saturated heterocycles. The standard InChI is InChI=1S/C53H37N3/c1-3-12-36(13-4-1)37-26-28-40(29-27-37)48-18-11-21-53(54-48)56-50-20-10-8-17-45(50)47-35-42(31-33-52(47)56)39-24-22-38(23-25-39)41-30-32-51-46(34-41)44-16-7-9-19-49(44)55(51)43-14-5-2-6-15-43/h1-35,53-54H. The van der Waals surface area contributed by atoms with Crippen LogP contribution in [0.5, 0.6) is 0 Å². The van der Waals surface area contributed by atoms with Crippen LogP contribution in [0.25, 0.3) is 88.4 Å². The zero-order valence-corrected chi connectivity index (χ0v) is 30.7. The number of hydrogen-bond acceptors (Lipinski definition) is 1. The largest absolute Gasteiger partial charge is 0.361 e. The second-order valence-electron chi connectivity index (χ2n) is 14.6.